The van der Waals surface area contributed by atoms with E-state index in [1.807, 2.05) is 0 Å². The van der Waals surface area contributed by atoms with Crippen molar-refractivity contribution in [1.82, 2.24) is 0 Å². The fraction of sp³-hybridized carbons (Fsp3) is 0.250. The van der Waals surface area contributed by atoms with Gasteiger partial charge in [0.25, 0.3) is 5.69 Å². The maximum absolute atomic E-state index is 12.3. The molecule has 0 saturated heterocycles. The highest BCUT2D eigenvalue weighted by atomic mass is 79.9. The van der Waals surface area contributed by atoms with Crippen molar-refractivity contribution in [2.24, 2.45) is 0 Å². The van der Waals surface area contributed by atoms with Crippen LogP contribution in [0, 0.1) is 17.0 Å². The summed E-state index contributed by atoms with van der Waals surface area (Å²) in [5.41, 5.74) is -1.41. The lowest BCUT2D eigenvalue weighted by atomic mass is 10.1. The Balaban J connectivity index is 3.43. The predicted octanol–water partition coefficient (Wildman–Crippen LogP) is 3.68. The Hall–Kier alpha value is -1.11. The van der Waals surface area contributed by atoms with Crippen LogP contribution in [0.2, 0.25) is 0 Å². The maximum atomic E-state index is 12.3. The van der Waals surface area contributed by atoms with Crippen LogP contribution in [-0.4, -0.2) is 4.92 Å². The van der Waals surface area contributed by atoms with Gasteiger partial charge in [0.15, 0.2) is 0 Å². The molecule has 0 aliphatic heterocycles. The molecule has 0 aliphatic rings. The van der Waals surface area contributed by atoms with Gasteiger partial charge >= 0.3 is 6.18 Å². The maximum Gasteiger partial charge on any atom is 0.416 e. The van der Waals surface area contributed by atoms with Crippen LogP contribution >= 0.6 is 15.9 Å². The van der Waals surface area contributed by atoms with E-state index in [1.54, 1.807) is 0 Å². The monoisotopic (exact) mass is 283 g/mol. The van der Waals surface area contributed by atoms with Crippen LogP contribution in [0.25, 0.3) is 0 Å². The predicted molar refractivity (Wildman–Crippen MR) is 50.5 cm³/mol. The summed E-state index contributed by atoms with van der Waals surface area (Å²) >= 11 is 2.85. The summed E-state index contributed by atoms with van der Waals surface area (Å²) in [7, 11) is 0. The van der Waals surface area contributed by atoms with Gasteiger partial charge in [-0.05, 0) is 13.0 Å². The molecule has 0 fully saturated rings. The van der Waals surface area contributed by atoms with Crippen molar-refractivity contribution in [3.63, 3.8) is 0 Å². The fourth-order valence-corrected chi connectivity index (χ4v) is 1.47. The van der Waals surface area contributed by atoms with Crippen molar-refractivity contribution in [1.29, 1.82) is 0 Å². The Morgan fingerprint density at radius 2 is 1.93 bits per heavy atom. The topological polar surface area (TPSA) is 43.1 Å². The van der Waals surface area contributed by atoms with Crippen molar-refractivity contribution < 1.29 is 18.1 Å². The summed E-state index contributed by atoms with van der Waals surface area (Å²) in [4.78, 5) is 9.63. The van der Waals surface area contributed by atoms with Gasteiger partial charge in [0.2, 0.25) is 0 Å². The van der Waals surface area contributed by atoms with Crippen LogP contribution in [0.5, 0.6) is 0 Å². The molecule has 1 rings (SSSR count). The first-order valence-electron chi connectivity index (χ1n) is 3.75. The molecule has 0 atom stereocenters. The molecule has 0 spiro atoms. The zero-order valence-corrected chi connectivity index (χ0v) is 9.02. The summed E-state index contributed by atoms with van der Waals surface area (Å²) < 4.78 is 37.0. The van der Waals surface area contributed by atoms with Gasteiger partial charge in [-0.15, -0.1) is 0 Å². The third kappa shape index (κ3) is 2.47. The second-order valence-corrected chi connectivity index (χ2v) is 3.71. The van der Waals surface area contributed by atoms with Crippen LogP contribution in [0.3, 0.4) is 0 Å². The highest BCUT2D eigenvalue weighted by Crippen LogP contribution is 2.36. The molecule has 7 heteroatoms. The molecule has 0 aromatic heterocycles. The molecule has 0 saturated carbocycles. The smallest absolute Gasteiger partial charge is 0.258 e. The standard InChI is InChI=1S/C8H5BrF3NO2/c1-4-6(9)2-5(8(10,11)12)3-7(4)13(14)15/h2-3H,1H3. The van der Waals surface area contributed by atoms with Crippen molar-refractivity contribution in [3.05, 3.63) is 37.8 Å². The van der Waals surface area contributed by atoms with E-state index in [0.29, 0.717) is 6.07 Å². The highest BCUT2D eigenvalue weighted by Gasteiger charge is 2.33. The minimum absolute atomic E-state index is 0.0732. The SMILES string of the molecule is Cc1c(Br)cc(C(F)(F)F)cc1[N+](=O)[O-]. The molecule has 1 aromatic carbocycles. The summed E-state index contributed by atoms with van der Waals surface area (Å²) in [6.07, 6.45) is -4.58. The Morgan fingerprint density at radius 1 is 1.40 bits per heavy atom. The minimum Gasteiger partial charge on any atom is -0.258 e. The lowest BCUT2D eigenvalue weighted by Crippen LogP contribution is -2.06. The van der Waals surface area contributed by atoms with E-state index in [4.69, 9.17) is 0 Å². The van der Waals surface area contributed by atoms with Crippen molar-refractivity contribution in [2.45, 2.75) is 13.1 Å². The first-order valence-corrected chi connectivity index (χ1v) is 4.54. The van der Waals surface area contributed by atoms with Crippen LogP contribution in [0.1, 0.15) is 11.1 Å². The molecule has 0 amide bonds. The first kappa shape index (κ1) is 12.0. The van der Waals surface area contributed by atoms with E-state index < -0.39 is 22.4 Å². The number of nitro benzene ring substituents is 1. The molecule has 0 N–H and O–H groups in total. The van der Waals surface area contributed by atoms with Gasteiger partial charge in [-0.2, -0.15) is 13.2 Å². The van der Waals surface area contributed by atoms with Gasteiger partial charge < -0.3 is 0 Å². The van der Waals surface area contributed by atoms with Crippen molar-refractivity contribution in [3.8, 4) is 0 Å². The first-order chi connectivity index (χ1) is 6.73. The number of hydrogen-bond acceptors (Lipinski definition) is 2. The number of hydrogen-bond donors (Lipinski definition) is 0. The molecule has 1 aromatic rings. The zero-order valence-electron chi connectivity index (χ0n) is 7.43. The van der Waals surface area contributed by atoms with E-state index in [9.17, 15) is 23.3 Å². The molecule has 0 unspecified atom stereocenters. The van der Waals surface area contributed by atoms with Crippen LogP contribution < -0.4 is 0 Å². The molecule has 15 heavy (non-hydrogen) atoms. The molecule has 0 radical (unpaired) electrons. The average molecular weight is 284 g/mol. The van der Waals surface area contributed by atoms with Gasteiger partial charge in [-0.1, -0.05) is 15.9 Å². The highest BCUT2D eigenvalue weighted by molar-refractivity contribution is 9.10. The molecular formula is C8H5BrF3NO2. The number of halogens is 4. The summed E-state index contributed by atoms with van der Waals surface area (Å²) in [6.45, 7) is 1.38. The van der Waals surface area contributed by atoms with Crippen LogP contribution in [-0.2, 0) is 6.18 Å². The third-order valence-corrected chi connectivity index (χ3v) is 2.66. The second kappa shape index (κ2) is 3.80. The van der Waals surface area contributed by atoms with Crippen molar-refractivity contribution >= 4 is 21.6 Å². The zero-order chi connectivity index (χ0) is 11.8. The molecule has 82 valence electrons. The number of alkyl halides is 3. The average Bonchev–Trinajstić information content (AvgIpc) is 2.06. The van der Waals surface area contributed by atoms with E-state index in [-0.39, 0.29) is 10.0 Å². The van der Waals surface area contributed by atoms with Crippen LogP contribution in [0.15, 0.2) is 16.6 Å². The third-order valence-electron chi connectivity index (χ3n) is 1.84. The molecule has 3 nitrogen and oxygen atoms in total. The Bertz CT molecular complexity index is 417. The lowest BCUT2D eigenvalue weighted by molar-refractivity contribution is -0.385. The minimum atomic E-state index is -4.58. The molecule has 0 aliphatic carbocycles. The largest absolute Gasteiger partial charge is 0.416 e. The molecule has 0 heterocycles. The van der Waals surface area contributed by atoms with Crippen LogP contribution in [0.4, 0.5) is 18.9 Å². The Labute approximate surface area is 91.2 Å². The van der Waals surface area contributed by atoms with E-state index in [1.165, 1.54) is 6.92 Å². The van der Waals surface area contributed by atoms with Gasteiger partial charge in [-0.3, -0.25) is 10.1 Å². The summed E-state index contributed by atoms with van der Waals surface area (Å²) in [5.74, 6) is 0. The van der Waals surface area contributed by atoms with E-state index in [0.717, 1.165) is 6.07 Å². The summed E-state index contributed by atoms with van der Waals surface area (Å²) in [5, 5.41) is 10.5. The second-order valence-electron chi connectivity index (χ2n) is 2.86. The van der Waals surface area contributed by atoms with Gasteiger partial charge in [0.05, 0.1) is 10.5 Å². The molecular weight excluding hydrogens is 279 g/mol. The lowest BCUT2D eigenvalue weighted by Gasteiger charge is -2.08. The number of nitro groups is 1. The number of nitrogens with zero attached hydrogens (tertiary/aromatic N) is 1. The van der Waals surface area contributed by atoms with E-state index >= 15 is 0 Å². The normalized spacial score (nSPS) is 11.5. The molecule has 0 bridgehead atoms. The van der Waals surface area contributed by atoms with Gasteiger partial charge in [0.1, 0.15) is 0 Å². The summed E-state index contributed by atoms with van der Waals surface area (Å²) in [6, 6.07) is 1.35. The Kier molecular flexibility index (Phi) is 3.03. The fourth-order valence-electron chi connectivity index (χ4n) is 1.02. The quantitative estimate of drug-likeness (QED) is 0.583. The van der Waals surface area contributed by atoms with E-state index in [2.05, 4.69) is 15.9 Å². The number of benzene rings is 1. The Morgan fingerprint density at radius 3 is 2.33 bits per heavy atom. The number of rotatable bonds is 1. The van der Waals surface area contributed by atoms with Gasteiger partial charge in [0, 0.05) is 16.1 Å². The van der Waals surface area contributed by atoms with Gasteiger partial charge in [-0.25, -0.2) is 0 Å². The van der Waals surface area contributed by atoms with Crippen molar-refractivity contribution in [2.75, 3.05) is 0 Å².